The number of nitrogens with two attached hydrogens (primary N) is 2. The summed E-state index contributed by atoms with van der Waals surface area (Å²) in [5, 5.41) is 13.2. The van der Waals surface area contributed by atoms with E-state index in [4.69, 9.17) is 11.5 Å². The number of rotatable bonds is 19. The molecule has 1 aliphatic carbocycles. The molecule has 1 unspecified atom stereocenters. The molecule has 0 heterocycles. The lowest BCUT2D eigenvalue weighted by molar-refractivity contribution is -0.165. The highest BCUT2D eigenvalue weighted by atomic mass is 19.4. The molecule has 12 heteroatoms. The molecule has 0 saturated heterocycles. The molecular weight excluding hydrogens is 534 g/mol. The van der Waals surface area contributed by atoms with Crippen molar-refractivity contribution in [2.75, 3.05) is 52.4 Å². The van der Waals surface area contributed by atoms with E-state index in [2.05, 4.69) is 21.3 Å². The molecule has 1 aliphatic rings. The Hall–Kier alpha value is -1.96. The lowest BCUT2D eigenvalue weighted by Gasteiger charge is -2.25. The summed E-state index contributed by atoms with van der Waals surface area (Å²) in [7, 11) is 0. The van der Waals surface area contributed by atoms with Gasteiger partial charge in [0.1, 0.15) is 0 Å². The van der Waals surface area contributed by atoms with Gasteiger partial charge in [-0.05, 0) is 125 Å². The second-order valence-corrected chi connectivity index (χ2v) is 10.0. The molecular formula is C28H44F6N6. The number of benzene rings is 1. The quantitative estimate of drug-likeness (QED) is 0.110. The molecule has 1 aromatic rings. The van der Waals surface area contributed by atoms with Gasteiger partial charge >= 0.3 is 12.4 Å². The van der Waals surface area contributed by atoms with Crippen molar-refractivity contribution in [3.63, 3.8) is 0 Å². The number of halogens is 6. The summed E-state index contributed by atoms with van der Waals surface area (Å²) in [4.78, 5) is 0. The van der Waals surface area contributed by atoms with Crippen LogP contribution in [0.1, 0.15) is 48.8 Å². The van der Waals surface area contributed by atoms with E-state index in [1.54, 1.807) is 12.1 Å². The van der Waals surface area contributed by atoms with E-state index in [9.17, 15) is 26.3 Å². The summed E-state index contributed by atoms with van der Waals surface area (Å²) in [6, 6.07) is 5.28. The van der Waals surface area contributed by atoms with Gasteiger partial charge in [0.05, 0.1) is 5.92 Å². The lowest BCUT2D eigenvalue weighted by atomic mass is 9.86. The van der Waals surface area contributed by atoms with Crippen LogP contribution in [0, 0.1) is 5.92 Å². The molecule has 1 aromatic carbocycles. The van der Waals surface area contributed by atoms with Gasteiger partial charge in [-0.15, -0.1) is 0 Å². The zero-order valence-corrected chi connectivity index (χ0v) is 23.0. The first-order chi connectivity index (χ1) is 19.0. The van der Waals surface area contributed by atoms with Crippen LogP contribution in [-0.2, 0) is 13.1 Å². The molecule has 0 aliphatic heterocycles. The standard InChI is InChI=1S/C28H44F6N6/c29-27(30,31)25-16-24(17-26(18-25)28(32,33)34)23-14-21(19-39-11-3-9-37-7-1-5-35)13-22(15-23)20-40-12-4-10-38-8-2-6-36/h13-17,25,37-40H,1-12,18-20,35-36H2. The third-order valence-corrected chi connectivity index (χ3v) is 6.51. The summed E-state index contributed by atoms with van der Waals surface area (Å²) in [5.74, 6) is -2.19. The van der Waals surface area contributed by atoms with Gasteiger partial charge in [-0.2, -0.15) is 26.3 Å². The van der Waals surface area contributed by atoms with Crippen molar-refractivity contribution in [3.8, 4) is 0 Å². The maximum absolute atomic E-state index is 13.5. The van der Waals surface area contributed by atoms with Crippen LogP contribution in [-0.4, -0.2) is 64.7 Å². The second kappa shape index (κ2) is 17.8. The van der Waals surface area contributed by atoms with Crippen LogP contribution < -0.4 is 32.7 Å². The monoisotopic (exact) mass is 578 g/mol. The van der Waals surface area contributed by atoms with Crippen LogP contribution in [0.25, 0.3) is 5.57 Å². The summed E-state index contributed by atoms with van der Waals surface area (Å²) in [6.07, 6.45) is -5.40. The smallest absolute Gasteiger partial charge is 0.330 e. The van der Waals surface area contributed by atoms with Crippen LogP contribution >= 0.6 is 0 Å². The molecule has 228 valence electrons. The van der Waals surface area contributed by atoms with E-state index in [1.165, 1.54) is 0 Å². The maximum Gasteiger partial charge on any atom is 0.412 e. The minimum atomic E-state index is -4.83. The van der Waals surface area contributed by atoms with E-state index >= 15 is 0 Å². The minimum absolute atomic E-state index is 0.0581. The predicted molar refractivity (Wildman–Crippen MR) is 148 cm³/mol. The largest absolute Gasteiger partial charge is 0.412 e. The van der Waals surface area contributed by atoms with Gasteiger partial charge < -0.3 is 32.7 Å². The Balaban J connectivity index is 2.14. The SMILES string of the molecule is NCCCNCCCNCc1cc(CNCCCNCCCN)cc(C2=CC(C(F)(F)F)CC(C(F)(F)F)=C2)c1. The number of hydrogen-bond donors (Lipinski definition) is 6. The maximum atomic E-state index is 13.5. The fraction of sp³-hybridized carbons (Fsp3) is 0.643. The first kappa shape index (κ1) is 34.2. The Kier molecular flexibility index (Phi) is 15.2. The van der Waals surface area contributed by atoms with Gasteiger partial charge in [0, 0.05) is 18.7 Å². The predicted octanol–water partition coefficient (Wildman–Crippen LogP) is 3.98. The summed E-state index contributed by atoms with van der Waals surface area (Å²) in [5.41, 5.74) is 11.7. The molecule has 6 nitrogen and oxygen atoms in total. The normalized spacial score (nSPS) is 16.2. The third-order valence-electron chi connectivity index (χ3n) is 6.51. The van der Waals surface area contributed by atoms with E-state index in [0.29, 0.717) is 44.8 Å². The highest BCUT2D eigenvalue weighted by Gasteiger charge is 2.45. The fourth-order valence-electron chi connectivity index (χ4n) is 4.37. The van der Waals surface area contributed by atoms with Crippen molar-refractivity contribution in [2.45, 2.75) is 57.5 Å². The first-order valence-electron chi connectivity index (χ1n) is 14.0. The first-order valence-corrected chi connectivity index (χ1v) is 14.0. The number of nitrogens with one attached hydrogen (secondary N) is 4. The van der Waals surface area contributed by atoms with Crippen LogP contribution in [0.3, 0.4) is 0 Å². The van der Waals surface area contributed by atoms with E-state index in [-0.39, 0.29) is 5.57 Å². The average molecular weight is 579 g/mol. The van der Waals surface area contributed by atoms with Gasteiger partial charge in [0.2, 0.25) is 0 Å². The molecule has 8 N–H and O–H groups in total. The molecule has 2 rings (SSSR count). The van der Waals surface area contributed by atoms with Crippen LogP contribution in [0.5, 0.6) is 0 Å². The summed E-state index contributed by atoms with van der Waals surface area (Å²) < 4.78 is 81.2. The van der Waals surface area contributed by atoms with Crippen LogP contribution in [0.4, 0.5) is 26.3 Å². The van der Waals surface area contributed by atoms with E-state index in [1.807, 2.05) is 6.07 Å². The molecule has 1 atom stereocenters. The molecule has 40 heavy (non-hydrogen) atoms. The van der Waals surface area contributed by atoms with Crippen molar-refractivity contribution in [2.24, 2.45) is 17.4 Å². The molecule has 0 fully saturated rings. The summed E-state index contributed by atoms with van der Waals surface area (Å²) >= 11 is 0. The van der Waals surface area contributed by atoms with Gasteiger partial charge in [-0.3, -0.25) is 0 Å². The molecule has 0 saturated carbocycles. The van der Waals surface area contributed by atoms with Crippen molar-refractivity contribution in [3.05, 3.63) is 52.6 Å². The zero-order chi connectivity index (χ0) is 29.4. The van der Waals surface area contributed by atoms with Crippen molar-refractivity contribution in [1.82, 2.24) is 21.3 Å². The Morgan fingerprint density at radius 3 is 1.60 bits per heavy atom. The van der Waals surface area contributed by atoms with Crippen molar-refractivity contribution >= 4 is 5.57 Å². The highest BCUT2D eigenvalue weighted by Crippen LogP contribution is 2.43. The van der Waals surface area contributed by atoms with Gasteiger partial charge in [0.25, 0.3) is 0 Å². The van der Waals surface area contributed by atoms with Gasteiger partial charge in [0.15, 0.2) is 0 Å². The Morgan fingerprint density at radius 1 is 0.675 bits per heavy atom. The highest BCUT2D eigenvalue weighted by molar-refractivity contribution is 5.77. The lowest BCUT2D eigenvalue weighted by Crippen LogP contribution is -2.27. The van der Waals surface area contributed by atoms with Crippen LogP contribution in [0.15, 0.2) is 35.9 Å². The molecule has 0 amide bonds. The third kappa shape index (κ3) is 13.1. The molecule has 0 bridgehead atoms. The Labute approximate surface area is 233 Å². The summed E-state index contributed by atoms with van der Waals surface area (Å²) in [6.45, 7) is 6.90. The van der Waals surface area contributed by atoms with Gasteiger partial charge in [-0.1, -0.05) is 12.1 Å². The Bertz CT molecular complexity index is 891. The number of hydrogen-bond acceptors (Lipinski definition) is 6. The second-order valence-electron chi connectivity index (χ2n) is 10.0. The molecule has 0 aromatic heterocycles. The van der Waals surface area contributed by atoms with Crippen LogP contribution in [0.2, 0.25) is 0 Å². The van der Waals surface area contributed by atoms with Crippen molar-refractivity contribution < 1.29 is 26.3 Å². The number of allylic oxidation sites excluding steroid dienone is 4. The van der Waals surface area contributed by atoms with Crippen molar-refractivity contribution in [1.29, 1.82) is 0 Å². The minimum Gasteiger partial charge on any atom is -0.330 e. The Morgan fingerprint density at radius 2 is 1.15 bits per heavy atom. The number of alkyl halides is 6. The van der Waals surface area contributed by atoms with E-state index < -0.39 is 30.3 Å². The average Bonchev–Trinajstić information content (AvgIpc) is 2.90. The fourth-order valence-corrected chi connectivity index (χ4v) is 4.37. The molecule has 0 radical (unpaired) electrons. The topological polar surface area (TPSA) is 100 Å². The molecule has 0 spiro atoms. The van der Waals surface area contributed by atoms with E-state index in [0.717, 1.165) is 75.1 Å². The zero-order valence-electron chi connectivity index (χ0n) is 23.0. The van der Waals surface area contributed by atoms with Gasteiger partial charge in [-0.25, -0.2) is 0 Å².